The molecule has 7 nitrogen and oxygen atoms in total. The Balaban J connectivity index is 2.26. The van der Waals surface area contributed by atoms with Gasteiger partial charge in [0.25, 0.3) is 0 Å². The van der Waals surface area contributed by atoms with Crippen LogP contribution in [0.25, 0.3) is 0 Å². The lowest BCUT2D eigenvalue weighted by Crippen LogP contribution is -2.37. The number of alkyl carbamates (subject to hydrolysis) is 1. The second-order valence-corrected chi connectivity index (χ2v) is 5.54. The van der Waals surface area contributed by atoms with Crippen molar-refractivity contribution in [2.24, 2.45) is 0 Å². The first-order valence-corrected chi connectivity index (χ1v) is 7.93. The minimum Gasteiger partial charge on any atom is -0.491 e. The van der Waals surface area contributed by atoms with Gasteiger partial charge in [0, 0.05) is 6.54 Å². The number of rotatable bonds is 9. The molecule has 0 saturated carbocycles. The lowest BCUT2D eigenvalue weighted by atomic mass is 10.1. The van der Waals surface area contributed by atoms with Crippen LogP contribution in [0.3, 0.4) is 0 Å². The van der Waals surface area contributed by atoms with E-state index >= 15 is 0 Å². The van der Waals surface area contributed by atoms with Crippen molar-refractivity contribution >= 4 is 23.8 Å². The van der Waals surface area contributed by atoms with Gasteiger partial charge in [-0.2, -0.15) is 0 Å². The van der Waals surface area contributed by atoms with Crippen LogP contribution in [0.1, 0.15) is 24.5 Å². The molecule has 1 aromatic carbocycles. The zero-order valence-corrected chi connectivity index (χ0v) is 14.8. The second-order valence-electron chi connectivity index (χ2n) is 5.28. The van der Waals surface area contributed by atoms with Crippen molar-refractivity contribution in [2.75, 3.05) is 19.9 Å². The average molecular weight is 359 g/mol. The topological polar surface area (TPSA) is 85.9 Å². The zero-order valence-electron chi connectivity index (χ0n) is 14.1. The third-order valence-electron chi connectivity index (χ3n) is 3.08. The van der Waals surface area contributed by atoms with E-state index in [0.717, 1.165) is 16.9 Å². The molecule has 8 heteroatoms. The van der Waals surface area contributed by atoms with E-state index in [1.807, 2.05) is 32.0 Å². The van der Waals surface area contributed by atoms with Crippen molar-refractivity contribution in [2.45, 2.75) is 33.2 Å². The molecule has 0 aliphatic rings. The predicted octanol–water partition coefficient (Wildman–Crippen LogP) is 2.43. The number of benzene rings is 1. The highest BCUT2D eigenvalue weighted by molar-refractivity contribution is 6.13. The van der Waals surface area contributed by atoms with Gasteiger partial charge >= 0.3 is 12.1 Å². The number of amides is 1. The quantitative estimate of drug-likeness (QED) is 0.400. The summed E-state index contributed by atoms with van der Waals surface area (Å²) in [6.07, 6.45) is -0.593. The molecule has 0 radical (unpaired) electrons. The molecule has 1 rings (SSSR count). The number of hydrogen-bond donors (Lipinski definition) is 2. The van der Waals surface area contributed by atoms with E-state index in [1.165, 1.54) is 0 Å². The minimum atomic E-state index is -0.684. The summed E-state index contributed by atoms with van der Waals surface area (Å²) in [6.45, 7) is 5.83. The van der Waals surface area contributed by atoms with E-state index in [2.05, 4.69) is 10.2 Å². The van der Waals surface area contributed by atoms with E-state index in [4.69, 9.17) is 26.0 Å². The van der Waals surface area contributed by atoms with Gasteiger partial charge in [0.05, 0.1) is 12.5 Å². The lowest BCUT2D eigenvalue weighted by Gasteiger charge is -2.17. The van der Waals surface area contributed by atoms with Gasteiger partial charge in [-0.05, 0) is 43.7 Å². The van der Waals surface area contributed by atoms with Crippen LogP contribution in [-0.2, 0) is 14.3 Å². The molecule has 1 atom stereocenters. The fourth-order valence-corrected chi connectivity index (χ4v) is 1.98. The van der Waals surface area contributed by atoms with Crippen LogP contribution in [0.5, 0.6) is 5.75 Å². The van der Waals surface area contributed by atoms with Gasteiger partial charge in [-0.3, -0.25) is 4.79 Å². The molecule has 0 bridgehead atoms. The van der Waals surface area contributed by atoms with Gasteiger partial charge < -0.3 is 19.5 Å². The van der Waals surface area contributed by atoms with Crippen LogP contribution < -0.4 is 14.9 Å². The Kier molecular flexibility index (Phi) is 8.96. The molecule has 0 saturated heterocycles. The minimum absolute atomic E-state index is 0.0918. The number of ether oxygens (including phenoxy) is 3. The maximum atomic E-state index is 11.6. The molecule has 2 N–H and O–H groups in total. The highest BCUT2D eigenvalue weighted by Crippen LogP contribution is 2.22. The second kappa shape index (κ2) is 10.7. The first kappa shape index (κ1) is 20.1. The Bertz CT molecular complexity index is 533. The smallest absolute Gasteiger partial charge is 0.410 e. The average Bonchev–Trinajstić information content (AvgIpc) is 2.52. The van der Waals surface area contributed by atoms with Gasteiger partial charge in [0.15, 0.2) is 0 Å². The number of esters is 1. The highest BCUT2D eigenvalue weighted by Gasteiger charge is 2.11. The SMILES string of the molecule is Cc1cccc(C)c1OCC(C)NC(=O)OCOC(=O)CCNCl. The summed E-state index contributed by atoms with van der Waals surface area (Å²) in [6, 6.07) is 5.61. The third kappa shape index (κ3) is 7.52. The number of carbonyl (C=O) groups is 2. The van der Waals surface area contributed by atoms with Crippen molar-refractivity contribution in [1.29, 1.82) is 0 Å². The number of hydrogen-bond acceptors (Lipinski definition) is 6. The molecule has 134 valence electrons. The van der Waals surface area contributed by atoms with E-state index in [9.17, 15) is 9.59 Å². The maximum absolute atomic E-state index is 11.6. The van der Waals surface area contributed by atoms with E-state index in [0.29, 0.717) is 6.61 Å². The summed E-state index contributed by atoms with van der Waals surface area (Å²) in [4.78, 5) is 25.1. The Morgan fingerprint density at radius 3 is 2.50 bits per heavy atom. The Morgan fingerprint density at radius 1 is 1.21 bits per heavy atom. The van der Waals surface area contributed by atoms with Crippen molar-refractivity contribution in [3.05, 3.63) is 29.3 Å². The first-order valence-electron chi connectivity index (χ1n) is 7.55. The summed E-state index contributed by atoms with van der Waals surface area (Å²) in [5.74, 6) is 0.295. The molecular formula is C16H23ClN2O5. The zero-order chi connectivity index (χ0) is 17.9. The van der Waals surface area contributed by atoms with Crippen LogP contribution >= 0.6 is 11.8 Å². The number of para-hydroxylation sites is 1. The van der Waals surface area contributed by atoms with Crippen LogP contribution in [0.2, 0.25) is 0 Å². The molecule has 0 heterocycles. The van der Waals surface area contributed by atoms with Crippen molar-refractivity contribution < 1.29 is 23.8 Å². The molecule has 1 aromatic rings. The van der Waals surface area contributed by atoms with Gasteiger partial charge in [-0.25, -0.2) is 9.63 Å². The molecule has 1 amide bonds. The van der Waals surface area contributed by atoms with Crippen LogP contribution in [0, 0.1) is 13.8 Å². The molecule has 0 spiro atoms. The Morgan fingerprint density at radius 2 is 1.88 bits per heavy atom. The van der Waals surface area contributed by atoms with Crippen molar-refractivity contribution in [3.8, 4) is 5.75 Å². The number of aryl methyl sites for hydroxylation is 2. The molecule has 0 aliphatic carbocycles. The van der Waals surface area contributed by atoms with Crippen molar-refractivity contribution in [1.82, 2.24) is 10.2 Å². The Labute approximate surface area is 146 Å². The van der Waals surface area contributed by atoms with Crippen LogP contribution in [0.15, 0.2) is 18.2 Å². The largest absolute Gasteiger partial charge is 0.491 e. The van der Waals surface area contributed by atoms with Crippen molar-refractivity contribution in [3.63, 3.8) is 0 Å². The van der Waals surface area contributed by atoms with Crippen LogP contribution in [-0.4, -0.2) is 38.0 Å². The molecule has 24 heavy (non-hydrogen) atoms. The van der Waals surface area contributed by atoms with Gasteiger partial charge in [-0.15, -0.1) is 0 Å². The molecule has 0 fully saturated rings. The fourth-order valence-electron chi connectivity index (χ4n) is 1.89. The molecular weight excluding hydrogens is 336 g/mol. The summed E-state index contributed by atoms with van der Waals surface area (Å²) < 4.78 is 15.2. The highest BCUT2D eigenvalue weighted by atomic mass is 35.5. The molecule has 1 unspecified atom stereocenters. The maximum Gasteiger partial charge on any atom is 0.410 e. The number of nitrogens with one attached hydrogen (secondary N) is 2. The predicted molar refractivity (Wildman–Crippen MR) is 89.9 cm³/mol. The van der Waals surface area contributed by atoms with E-state index in [-0.39, 0.29) is 19.0 Å². The van der Waals surface area contributed by atoms with Gasteiger partial charge in [0.2, 0.25) is 6.79 Å². The van der Waals surface area contributed by atoms with Gasteiger partial charge in [0.1, 0.15) is 12.4 Å². The summed E-state index contributed by atoms with van der Waals surface area (Å²) in [5, 5.41) is 2.60. The standard InChI is InChI=1S/C16H23ClN2O5/c1-11-5-4-6-12(2)15(11)22-9-13(3)19-16(21)24-10-23-14(20)7-8-18-17/h4-6,13,18H,7-10H2,1-3H3,(H,19,21). The normalized spacial score (nSPS) is 11.5. The van der Waals surface area contributed by atoms with Gasteiger partial charge in [-0.1, -0.05) is 18.2 Å². The van der Waals surface area contributed by atoms with E-state index in [1.54, 1.807) is 6.92 Å². The Hall–Kier alpha value is -1.99. The molecule has 0 aromatic heterocycles. The number of carbonyl (C=O) groups excluding carboxylic acids is 2. The third-order valence-corrected chi connectivity index (χ3v) is 3.27. The van der Waals surface area contributed by atoms with Crippen LogP contribution in [0.4, 0.5) is 4.79 Å². The fraction of sp³-hybridized carbons (Fsp3) is 0.500. The van der Waals surface area contributed by atoms with E-state index < -0.39 is 18.9 Å². The summed E-state index contributed by atoms with van der Waals surface area (Å²) in [5.41, 5.74) is 2.06. The number of halogens is 1. The summed E-state index contributed by atoms with van der Waals surface area (Å²) >= 11 is 5.22. The first-order chi connectivity index (χ1) is 11.4. The monoisotopic (exact) mass is 358 g/mol. The summed E-state index contributed by atoms with van der Waals surface area (Å²) in [7, 11) is 0. The lowest BCUT2D eigenvalue weighted by molar-refractivity contribution is -0.151. The molecule has 0 aliphatic heterocycles.